The van der Waals surface area contributed by atoms with Gasteiger partial charge in [-0.05, 0) is 41.0 Å². The van der Waals surface area contributed by atoms with Gasteiger partial charge >= 0.3 is 0 Å². The van der Waals surface area contributed by atoms with Crippen molar-refractivity contribution in [3.63, 3.8) is 0 Å². The normalized spacial score (nSPS) is 19.8. The molecule has 0 unspecified atom stereocenters. The van der Waals surface area contributed by atoms with E-state index in [4.69, 9.17) is 14.2 Å². The lowest BCUT2D eigenvalue weighted by molar-refractivity contribution is -0.227. The smallest absolute Gasteiger partial charge is 0.219 e. The third kappa shape index (κ3) is 2.96. The molecular formula is C22H23NO4. The summed E-state index contributed by atoms with van der Waals surface area (Å²) in [4.78, 5) is 13.4. The van der Waals surface area contributed by atoms with E-state index in [1.54, 1.807) is 6.92 Å². The molecule has 0 radical (unpaired) electrons. The van der Waals surface area contributed by atoms with Crippen molar-refractivity contribution < 1.29 is 19.0 Å². The number of likely N-dealkylation sites (tertiary alicyclic amines) is 1. The van der Waals surface area contributed by atoms with Gasteiger partial charge in [0.2, 0.25) is 11.7 Å². The van der Waals surface area contributed by atoms with Gasteiger partial charge in [0.15, 0.2) is 0 Å². The minimum atomic E-state index is -0.592. The highest BCUT2D eigenvalue weighted by Gasteiger charge is 2.41. The zero-order chi connectivity index (χ0) is 18.4. The van der Waals surface area contributed by atoms with Gasteiger partial charge in [-0.3, -0.25) is 4.79 Å². The molecule has 1 spiro atoms. The van der Waals surface area contributed by atoms with Gasteiger partial charge in [0.05, 0.1) is 13.2 Å². The second kappa shape index (κ2) is 6.27. The number of fused-ring (bicyclic) bond motifs is 2. The van der Waals surface area contributed by atoms with Crippen LogP contribution in [0.5, 0.6) is 11.5 Å². The fourth-order valence-electron chi connectivity index (χ4n) is 4.19. The lowest BCUT2D eigenvalue weighted by atomic mass is 9.98. The number of amides is 1. The first kappa shape index (κ1) is 16.6. The number of hydrogen-bond donors (Lipinski definition) is 0. The van der Waals surface area contributed by atoms with E-state index < -0.39 is 5.79 Å². The second-order valence-electron chi connectivity index (χ2n) is 7.55. The molecule has 1 amide bonds. The Hall–Kier alpha value is -2.53. The fourth-order valence-corrected chi connectivity index (χ4v) is 4.19. The van der Waals surface area contributed by atoms with Crippen LogP contribution in [0.2, 0.25) is 0 Å². The number of carbonyl (C=O) groups is 1. The molecule has 0 N–H and O–H groups in total. The molecule has 5 heteroatoms. The van der Waals surface area contributed by atoms with Crippen molar-refractivity contribution in [3.8, 4) is 22.6 Å². The summed E-state index contributed by atoms with van der Waals surface area (Å²) in [6.07, 6.45) is 2.39. The van der Waals surface area contributed by atoms with Crippen LogP contribution >= 0.6 is 0 Å². The Morgan fingerprint density at radius 3 is 2.44 bits per heavy atom. The number of rotatable bonds is 1. The molecule has 0 saturated carbocycles. The van der Waals surface area contributed by atoms with Crippen molar-refractivity contribution >= 4 is 5.91 Å². The van der Waals surface area contributed by atoms with Crippen LogP contribution in [0, 0.1) is 0 Å². The van der Waals surface area contributed by atoms with Gasteiger partial charge < -0.3 is 19.1 Å². The van der Waals surface area contributed by atoms with E-state index in [0.29, 0.717) is 32.5 Å². The monoisotopic (exact) mass is 365 g/mol. The summed E-state index contributed by atoms with van der Waals surface area (Å²) in [7, 11) is 0. The van der Waals surface area contributed by atoms with Crippen molar-refractivity contribution in [2.45, 2.75) is 38.6 Å². The predicted molar refractivity (Wildman–Crippen MR) is 101 cm³/mol. The maximum Gasteiger partial charge on any atom is 0.219 e. The molecule has 3 aliphatic heterocycles. The van der Waals surface area contributed by atoms with Crippen LogP contribution in [0.25, 0.3) is 11.1 Å². The highest BCUT2D eigenvalue weighted by Crippen LogP contribution is 2.39. The van der Waals surface area contributed by atoms with E-state index in [0.717, 1.165) is 35.7 Å². The van der Waals surface area contributed by atoms with Gasteiger partial charge in [0.1, 0.15) is 11.5 Å². The van der Waals surface area contributed by atoms with Crippen LogP contribution < -0.4 is 9.47 Å². The molecule has 2 aromatic rings. The Kier molecular flexibility index (Phi) is 3.86. The predicted octanol–water partition coefficient (Wildman–Crippen LogP) is 3.54. The molecule has 0 atom stereocenters. The summed E-state index contributed by atoms with van der Waals surface area (Å²) in [5, 5.41) is 0. The summed E-state index contributed by atoms with van der Waals surface area (Å²) in [5.41, 5.74) is 4.70. The molecule has 3 aliphatic rings. The van der Waals surface area contributed by atoms with Gasteiger partial charge in [-0.1, -0.05) is 12.1 Å². The highest BCUT2D eigenvalue weighted by atomic mass is 16.7. The van der Waals surface area contributed by atoms with E-state index >= 15 is 0 Å². The average Bonchev–Trinajstić information content (AvgIpc) is 3.16. The molecule has 0 bridgehead atoms. The fraction of sp³-hybridized carbons (Fsp3) is 0.409. The summed E-state index contributed by atoms with van der Waals surface area (Å²) in [6.45, 7) is 4.29. The van der Waals surface area contributed by atoms with E-state index in [1.165, 1.54) is 11.1 Å². The van der Waals surface area contributed by atoms with Gasteiger partial charge in [0, 0.05) is 44.8 Å². The van der Waals surface area contributed by atoms with Crippen LogP contribution in [0.15, 0.2) is 36.4 Å². The topological polar surface area (TPSA) is 48.0 Å². The Balaban J connectivity index is 1.36. The van der Waals surface area contributed by atoms with Crippen LogP contribution in [0.3, 0.4) is 0 Å². The maximum atomic E-state index is 11.5. The largest absolute Gasteiger partial charge is 0.493 e. The SMILES string of the molecule is CC(=O)N1CCC2(CC1)OCc1cc(-c3ccc4c(c3)CCO4)ccc1O2. The van der Waals surface area contributed by atoms with Gasteiger partial charge in [-0.2, -0.15) is 0 Å². The summed E-state index contributed by atoms with van der Waals surface area (Å²) < 4.78 is 18.0. The van der Waals surface area contributed by atoms with Crippen molar-refractivity contribution in [3.05, 3.63) is 47.5 Å². The number of carbonyl (C=O) groups excluding carboxylic acids is 1. The number of nitrogens with zero attached hydrogens (tertiary/aromatic N) is 1. The second-order valence-corrected chi connectivity index (χ2v) is 7.55. The molecule has 1 saturated heterocycles. The first-order chi connectivity index (χ1) is 13.1. The molecule has 140 valence electrons. The Bertz CT molecular complexity index is 899. The van der Waals surface area contributed by atoms with Crippen LogP contribution in [-0.2, 0) is 22.6 Å². The first-order valence-electron chi connectivity index (χ1n) is 9.59. The van der Waals surface area contributed by atoms with Crippen LogP contribution in [0.1, 0.15) is 30.9 Å². The molecule has 1 fully saturated rings. The minimum absolute atomic E-state index is 0.116. The van der Waals surface area contributed by atoms with Crippen LogP contribution in [-0.4, -0.2) is 36.3 Å². The minimum Gasteiger partial charge on any atom is -0.493 e. The maximum absolute atomic E-state index is 11.5. The average molecular weight is 365 g/mol. The zero-order valence-corrected chi connectivity index (χ0v) is 15.5. The lowest BCUT2D eigenvalue weighted by Gasteiger charge is -2.43. The molecule has 5 nitrogen and oxygen atoms in total. The molecule has 2 aromatic carbocycles. The standard InChI is InChI=1S/C22H23NO4/c1-15(24)23-9-7-22(8-10-23)26-14-19-13-17(3-5-21(19)27-22)16-2-4-20-18(12-16)6-11-25-20/h2-5,12-13H,6-11,14H2,1H3. The Morgan fingerprint density at radius 2 is 1.70 bits per heavy atom. The lowest BCUT2D eigenvalue weighted by Crippen LogP contribution is -2.52. The van der Waals surface area contributed by atoms with Crippen molar-refractivity contribution in [2.24, 2.45) is 0 Å². The molecule has 3 heterocycles. The highest BCUT2D eigenvalue weighted by molar-refractivity contribution is 5.73. The summed E-state index contributed by atoms with van der Waals surface area (Å²) >= 11 is 0. The molecule has 0 aliphatic carbocycles. The zero-order valence-electron chi connectivity index (χ0n) is 15.5. The van der Waals surface area contributed by atoms with Crippen molar-refractivity contribution in [1.82, 2.24) is 4.90 Å². The Morgan fingerprint density at radius 1 is 1.00 bits per heavy atom. The van der Waals surface area contributed by atoms with E-state index in [2.05, 4.69) is 36.4 Å². The molecule has 27 heavy (non-hydrogen) atoms. The summed E-state index contributed by atoms with van der Waals surface area (Å²) in [5.74, 6) is 1.42. The molecule has 5 rings (SSSR count). The molecular weight excluding hydrogens is 342 g/mol. The quantitative estimate of drug-likeness (QED) is 0.776. The molecule has 0 aromatic heterocycles. The number of benzene rings is 2. The first-order valence-corrected chi connectivity index (χ1v) is 9.59. The Labute approximate surface area is 158 Å². The van der Waals surface area contributed by atoms with E-state index in [-0.39, 0.29) is 5.91 Å². The summed E-state index contributed by atoms with van der Waals surface area (Å²) in [6, 6.07) is 12.7. The van der Waals surface area contributed by atoms with Gasteiger partial charge in [-0.15, -0.1) is 0 Å². The van der Waals surface area contributed by atoms with Crippen LogP contribution in [0.4, 0.5) is 0 Å². The number of ether oxygens (including phenoxy) is 3. The third-order valence-electron chi connectivity index (χ3n) is 5.84. The van der Waals surface area contributed by atoms with E-state index in [1.807, 2.05) is 4.90 Å². The van der Waals surface area contributed by atoms with E-state index in [9.17, 15) is 4.79 Å². The van der Waals surface area contributed by atoms with Gasteiger partial charge in [0.25, 0.3) is 0 Å². The van der Waals surface area contributed by atoms with Crippen molar-refractivity contribution in [2.75, 3.05) is 19.7 Å². The third-order valence-corrected chi connectivity index (χ3v) is 5.84. The number of piperidine rings is 1. The number of hydrogen-bond acceptors (Lipinski definition) is 4. The van der Waals surface area contributed by atoms with Crippen molar-refractivity contribution in [1.29, 1.82) is 0 Å². The van der Waals surface area contributed by atoms with Gasteiger partial charge in [-0.25, -0.2) is 0 Å².